The van der Waals surface area contributed by atoms with E-state index in [4.69, 9.17) is 27.9 Å². The molecule has 0 radical (unpaired) electrons. The van der Waals surface area contributed by atoms with Crippen LogP contribution in [0, 0.1) is 0 Å². The molecule has 6 heteroatoms. The summed E-state index contributed by atoms with van der Waals surface area (Å²) in [7, 11) is 0. The maximum absolute atomic E-state index is 12.6. The first kappa shape index (κ1) is 20.7. The van der Waals surface area contributed by atoms with Gasteiger partial charge in [-0.05, 0) is 46.2 Å². The van der Waals surface area contributed by atoms with Crippen molar-refractivity contribution in [3.8, 4) is 5.75 Å². The van der Waals surface area contributed by atoms with Gasteiger partial charge in [-0.25, -0.2) is 0 Å². The van der Waals surface area contributed by atoms with Gasteiger partial charge >= 0.3 is 0 Å². The SMILES string of the molecule is CC(C)(C)c1ccc(COc2ccsc2C(=O)Nc2ccc(Cl)c(Cl)c2)cc1. The van der Waals surface area contributed by atoms with Gasteiger partial charge in [0.15, 0.2) is 0 Å². The Morgan fingerprint density at radius 2 is 1.75 bits per heavy atom. The van der Waals surface area contributed by atoms with E-state index in [1.54, 1.807) is 24.3 Å². The number of hydrogen-bond donors (Lipinski definition) is 1. The van der Waals surface area contributed by atoms with Crippen LogP contribution in [0.15, 0.2) is 53.9 Å². The lowest BCUT2D eigenvalue weighted by Crippen LogP contribution is -2.12. The number of amides is 1. The molecular weight excluding hydrogens is 413 g/mol. The summed E-state index contributed by atoms with van der Waals surface area (Å²) in [5, 5.41) is 5.49. The number of anilines is 1. The van der Waals surface area contributed by atoms with Crippen LogP contribution in [0.1, 0.15) is 41.6 Å². The van der Waals surface area contributed by atoms with Gasteiger partial charge in [-0.2, -0.15) is 0 Å². The lowest BCUT2D eigenvalue weighted by atomic mass is 9.87. The maximum Gasteiger partial charge on any atom is 0.269 e. The molecule has 0 aliphatic heterocycles. The molecule has 1 heterocycles. The molecule has 0 saturated carbocycles. The van der Waals surface area contributed by atoms with Gasteiger partial charge in [0, 0.05) is 5.69 Å². The molecule has 0 atom stereocenters. The molecule has 3 nitrogen and oxygen atoms in total. The highest BCUT2D eigenvalue weighted by Gasteiger charge is 2.16. The molecule has 1 amide bonds. The first-order valence-electron chi connectivity index (χ1n) is 8.80. The van der Waals surface area contributed by atoms with E-state index in [9.17, 15) is 4.79 Å². The fourth-order valence-corrected chi connectivity index (χ4v) is 3.63. The Bertz CT molecular complexity index is 975. The second kappa shape index (κ2) is 8.56. The van der Waals surface area contributed by atoms with Gasteiger partial charge in [-0.1, -0.05) is 68.2 Å². The Morgan fingerprint density at radius 3 is 2.39 bits per heavy atom. The van der Waals surface area contributed by atoms with Gasteiger partial charge in [-0.3, -0.25) is 4.79 Å². The molecule has 2 aromatic carbocycles. The molecule has 0 aliphatic rings. The van der Waals surface area contributed by atoms with Crippen LogP contribution in [-0.2, 0) is 12.0 Å². The van der Waals surface area contributed by atoms with E-state index in [0.29, 0.717) is 33.0 Å². The normalized spacial score (nSPS) is 11.3. The highest BCUT2D eigenvalue weighted by atomic mass is 35.5. The molecular formula is C22H21Cl2NO2S. The zero-order chi connectivity index (χ0) is 20.3. The molecule has 3 rings (SSSR count). The zero-order valence-corrected chi connectivity index (χ0v) is 18.2. The van der Waals surface area contributed by atoms with Crippen LogP contribution in [0.3, 0.4) is 0 Å². The third-order valence-corrected chi connectivity index (χ3v) is 5.86. The number of rotatable bonds is 5. The zero-order valence-electron chi connectivity index (χ0n) is 15.9. The summed E-state index contributed by atoms with van der Waals surface area (Å²) in [4.78, 5) is 13.1. The number of halogens is 2. The van der Waals surface area contributed by atoms with Crippen LogP contribution in [0.25, 0.3) is 0 Å². The highest BCUT2D eigenvalue weighted by molar-refractivity contribution is 7.12. The Labute approximate surface area is 179 Å². The highest BCUT2D eigenvalue weighted by Crippen LogP contribution is 2.29. The average molecular weight is 434 g/mol. The van der Waals surface area contributed by atoms with Gasteiger partial charge in [0.05, 0.1) is 10.0 Å². The summed E-state index contributed by atoms with van der Waals surface area (Å²) in [5.41, 5.74) is 3.02. The molecule has 3 aromatic rings. The topological polar surface area (TPSA) is 38.3 Å². The molecule has 0 saturated heterocycles. The summed E-state index contributed by atoms with van der Waals surface area (Å²) >= 11 is 13.2. The number of ether oxygens (including phenoxy) is 1. The fourth-order valence-electron chi connectivity index (χ4n) is 2.60. The van der Waals surface area contributed by atoms with E-state index in [2.05, 4.69) is 50.4 Å². The first-order valence-corrected chi connectivity index (χ1v) is 10.4. The van der Waals surface area contributed by atoms with E-state index in [1.165, 1.54) is 16.9 Å². The van der Waals surface area contributed by atoms with Gasteiger partial charge in [-0.15, -0.1) is 11.3 Å². The molecule has 0 bridgehead atoms. The van der Waals surface area contributed by atoms with Crippen molar-refractivity contribution in [2.24, 2.45) is 0 Å². The van der Waals surface area contributed by atoms with Crippen molar-refractivity contribution in [1.29, 1.82) is 0 Å². The molecule has 1 N–H and O–H groups in total. The lowest BCUT2D eigenvalue weighted by molar-refractivity contribution is 0.102. The molecule has 0 aliphatic carbocycles. The third kappa shape index (κ3) is 5.07. The molecule has 146 valence electrons. The number of nitrogens with one attached hydrogen (secondary N) is 1. The molecule has 28 heavy (non-hydrogen) atoms. The minimum Gasteiger partial charge on any atom is -0.487 e. The molecule has 1 aromatic heterocycles. The number of thiophene rings is 1. The van der Waals surface area contributed by atoms with Crippen molar-refractivity contribution in [3.63, 3.8) is 0 Å². The number of hydrogen-bond acceptors (Lipinski definition) is 3. The second-order valence-corrected chi connectivity index (χ2v) is 9.16. The summed E-state index contributed by atoms with van der Waals surface area (Å²) in [6.07, 6.45) is 0. The Balaban J connectivity index is 1.66. The smallest absolute Gasteiger partial charge is 0.269 e. The monoisotopic (exact) mass is 433 g/mol. The summed E-state index contributed by atoms with van der Waals surface area (Å²) in [6.45, 7) is 6.95. The minimum absolute atomic E-state index is 0.114. The van der Waals surface area contributed by atoms with Crippen molar-refractivity contribution in [1.82, 2.24) is 0 Å². The summed E-state index contributed by atoms with van der Waals surface area (Å²) in [6, 6.07) is 15.1. The van der Waals surface area contributed by atoms with E-state index in [1.807, 2.05) is 5.38 Å². The first-order chi connectivity index (χ1) is 13.2. The summed E-state index contributed by atoms with van der Waals surface area (Å²) in [5.74, 6) is 0.314. The van der Waals surface area contributed by atoms with E-state index < -0.39 is 0 Å². The van der Waals surface area contributed by atoms with Crippen LogP contribution in [0.5, 0.6) is 5.75 Å². The second-order valence-electron chi connectivity index (χ2n) is 7.43. The van der Waals surface area contributed by atoms with Crippen LogP contribution < -0.4 is 10.1 Å². The predicted octanol–water partition coefficient (Wildman–Crippen LogP) is 7.18. The molecule has 0 spiro atoms. The van der Waals surface area contributed by atoms with Crippen molar-refractivity contribution in [2.75, 3.05) is 5.32 Å². The van der Waals surface area contributed by atoms with Crippen LogP contribution in [0.4, 0.5) is 5.69 Å². The van der Waals surface area contributed by atoms with Crippen molar-refractivity contribution >= 4 is 46.1 Å². The Hall–Kier alpha value is -2.01. The summed E-state index contributed by atoms with van der Waals surface area (Å²) < 4.78 is 5.89. The maximum atomic E-state index is 12.6. The Kier molecular flexibility index (Phi) is 6.33. The van der Waals surface area contributed by atoms with Gasteiger partial charge < -0.3 is 10.1 Å². The standard InChI is InChI=1S/C22H21Cl2NO2S/c1-22(2,3)15-6-4-14(5-7-15)13-27-19-10-11-28-20(19)21(26)25-16-8-9-17(23)18(24)12-16/h4-12H,13H2,1-3H3,(H,25,26). The van der Waals surface area contributed by atoms with E-state index in [0.717, 1.165) is 5.56 Å². The predicted molar refractivity (Wildman–Crippen MR) is 118 cm³/mol. The van der Waals surface area contributed by atoms with Crippen molar-refractivity contribution in [2.45, 2.75) is 32.8 Å². The van der Waals surface area contributed by atoms with Crippen LogP contribution in [-0.4, -0.2) is 5.91 Å². The van der Waals surface area contributed by atoms with Gasteiger partial charge in [0.2, 0.25) is 0 Å². The minimum atomic E-state index is -0.244. The van der Waals surface area contributed by atoms with Gasteiger partial charge in [0.25, 0.3) is 5.91 Å². The fraction of sp³-hybridized carbons (Fsp3) is 0.227. The number of carbonyl (C=O) groups is 1. The lowest BCUT2D eigenvalue weighted by Gasteiger charge is -2.19. The van der Waals surface area contributed by atoms with Crippen LogP contribution in [0.2, 0.25) is 10.0 Å². The largest absolute Gasteiger partial charge is 0.487 e. The molecule has 0 fully saturated rings. The van der Waals surface area contributed by atoms with Crippen LogP contribution >= 0.6 is 34.5 Å². The average Bonchev–Trinajstić information content (AvgIpc) is 3.11. The molecule has 0 unspecified atom stereocenters. The van der Waals surface area contributed by atoms with Crippen molar-refractivity contribution in [3.05, 3.63) is 80.0 Å². The third-order valence-electron chi connectivity index (χ3n) is 4.23. The number of carbonyl (C=O) groups excluding carboxylic acids is 1. The quantitative estimate of drug-likeness (QED) is 0.462. The van der Waals surface area contributed by atoms with E-state index >= 15 is 0 Å². The van der Waals surface area contributed by atoms with Crippen molar-refractivity contribution < 1.29 is 9.53 Å². The van der Waals surface area contributed by atoms with Gasteiger partial charge in [0.1, 0.15) is 17.2 Å². The number of benzene rings is 2. The van der Waals surface area contributed by atoms with E-state index in [-0.39, 0.29) is 11.3 Å². The Morgan fingerprint density at radius 1 is 1.04 bits per heavy atom.